The van der Waals surface area contributed by atoms with Crippen LogP contribution in [-0.4, -0.2) is 29.5 Å². The first-order valence-electron chi connectivity index (χ1n) is 16.3. The Hall–Kier alpha value is 0.390. The molecule has 208 valence electrons. The van der Waals surface area contributed by atoms with E-state index in [1.165, 1.54) is 179 Å². The molecule has 0 spiro atoms. The van der Waals surface area contributed by atoms with Crippen molar-refractivity contribution in [3.63, 3.8) is 0 Å². The predicted octanol–water partition coefficient (Wildman–Crippen LogP) is 11.9. The molecular weight excluding hydrogens is 431 g/mol. The summed E-state index contributed by atoms with van der Waals surface area (Å²) in [5.74, 6) is 0. The molecule has 0 unspecified atom stereocenters. The van der Waals surface area contributed by atoms with Crippen LogP contribution in [0.3, 0.4) is 0 Å². The molecule has 0 amide bonds. The van der Waals surface area contributed by atoms with E-state index in [0.717, 1.165) is 0 Å². The van der Waals surface area contributed by atoms with E-state index in [9.17, 15) is 4.89 Å². The summed E-state index contributed by atoms with van der Waals surface area (Å²) in [4.78, 5) is 12.7. The van der Waals surface area contributed by atoms with Crippen LogP contribution in [0.5, 0.6) is 0 Å². The van der Waals surface area contributed by atoms with Crippen molar-refractivity contribution in [2.45, 2.75) is 182 Å². The SMILES string of the molecule is CCCCCCCCP(O)(CCCCCCCC)(CCCCCCCC)CCCCCCCC. The molecule has 0 rings (SSSR count). The minimum absolute atomic E-state index is 1.19. The maximum atomic E-state index is 12.7. The zero-order valence-corrected chi connectivity index (χ0v) is 25.6. The van der Waals surface area contributed by atoms with Crippen LogP contribution in [0.2, 0.25) is 0 Å². The zero-order chi connectivity index (χ0) is 25.2. The van der Waals surface area contributed by atoms with Crippen molar-refractivity contribution in [3.05, 3.63) is 0 Å². The summed E-state index contributed by atoms with van der Waals surface area (Å²) < 4.78 is 0. The van der Waals surface area contributed by atoms with Gasteiger partial charge in [-0.3, -0.25) is 0 Å². The van der Waals surface area contributed by atoms with Crippen molar-refractivity contribution in [3.8, 4) is 0 Å². The fraction of sp³-hybridized carbons (Fsp3) is 1.00. The number of unbranched alkanes of at least 4 members (excludes halogenated alkanes) is 20. The number of hydrogen-bond donors (Lipinski definition) is 1. The molecule has 2 heteroatoms. The second-order valence-corrected chi connectivity index (χ2v) is 17.5. The van der Waals surface area contributed by atoms with Gasteiger partial charge in [0.25, 0.3) is 0 Å². The van der Waals surface area contributed by atoms with Gasteiger partial charge in [-0.25, -0.2) is 0 Å². The molecule has 0 saturated carbocycles. The van der Waals surface area contributed by atoms with Crippen LogP contribution in [0.4, 0.5) is 0 Å². The fourth-order valence-electron chi connectivity index (χ4n) is 5.86. The van der Waals surface area contributed by atoms with Crippen LogP contribution >= 0.6 is 6.83 Å². The van der Waals surface area contributed by atoms with E-state index in [-0.39, 0.29) is 0 Å². The molecule has 0 saturated heterocycles. The summed E-state index contributed by atoms with van der Waals surface area (Å²) in [5, 5.41) is 0. The first-order chi connectivity index (χ1) is 16.5. The molecule has 0 aromatic carbocycles. The molecule has 0 aromatic rings. The average molecular weight is 501 g/mol. The van der Waals surface area contributed by atoms with Gasteiger partial charge in [0, 0.05) is 0 Å². The normalized spacial score (nSPS) is 13.3. The summed E-state index contributed by atoms with van der Waals surface area (Å²) >= 11 is 0. The van der Waals surface area contributed by atoms with E-state index in [1.807, 2.05) is 0 Å². The Morgan fingerprint density at radius 3 is 0.676 bits per heavy atom. The summed E-state index contributed by atoms with van der Waals surface area (Å²) in [7, 11) is 0. The van der Waals surface area contributed by atoms with Crippen molar-refractivity contribution >= 4 is 6.83 Å². The molecule has 0 aliphatic heterocycles. The third kappa shape index (κ3) is 19.6. The van der Waals surface area contributed by atoms with Gasteiger partial charge >= 0.3 is 218 Å². The first kappa shape index (κ1) is 34.4. The molecule has 0 aliphatic carbocycles. The van der Waals surface area contributed by atoms with Crippen LogP contribution in [0, 0.1) is 0 Å². The van der Waals surface area contributed by atoms with Crippen LogP contribution in [0.1, 0.15) is 182 Å². The number of rotatable bonds is 28. The second-order valence-electron chi connectivity index (χ2n) is 11.9. The van der Waals surface area contributed by atoms with Crippen LogP contribution in [0.15, 0.2) is 0 Å². The van der Waals surface area contributed by atoms with E-state index in [0.29, 0.717) is 0 Å². The third-order valence-electron chi connectivity index (χ3n) is 8.34. The van der Waals surface area contributed by atoms with Gasteiger partial charge in [0.15, 0.2) is 0 Å². The number of hydrogen-bond acceptors (Lipinski definition) is 1. The van der Waals surface area contributed by atoms with E-state index < -0.39 is 6.83 Å². The van der Waals surface area contributed by atoms with Gasteiger partial charge in [0.1, 0.15) is 0 Å². The Morgan fingerprint density at radius 1 is 0.294 bits per heavy atom. The molecule has 34 heavy (non-hydrogen) atoms. The Bertz CT molecular complexity index is 332. The quantitative estimate of drug-likeness (QED) is 0.0836. The molecule has 1 N–H and O–H groups in total. The second kappa shape index (κ2) is 23.8. The monoisotopic (exact) mass is 501 g/mol. The molecule has 0 aliphatic rings. The molecule has 0 atom stereocenters. The van der Waals surface area contributed by atoms with Crippen molar-refractivity contribution in [2.75, 3.05) is 24.6 Å². The topological polar surface area (TPSA) is 20.2 Å². The molecule has 0 heterocycles. The third-order valence-corrected chi connectivity index (χ3v) is 14.2. The fourth-order valence-corrected chi connectivity index (χ4v) is 11.3. The van der Waals surface area contributed by atoms with Crippen LogP contribution in [-0.2, 0) is 0 Å². The molecule has 0 fully saturated rings. The van der Waals surface area contributed by atoms with Crippen LogP contribution < -0.4 is 0 Å². The Morgan fingerprint density at radius 2 is 0.471 bits per heavy atom. The van der Waals surface area contributed by atoms with Crippen molar-refractivity contribution in [1.82, 2.24) is 0 Å². The zero-order valence-electron chi connectivity index (χ0n) is 24.7. The van der Waals surface area contributed by atoms with Gasteiger partial charge in [-0.15, -0.1) is 0 Å². The van der Waals surface area contributed by atoms with E-state index in [1.54, 1.807) is 0 Å². The first-order valence-corrected chi connectivity index (χ1v) is 19.2. The molecule has 1 nitrogen and oxygen atoms in total. The van der Waals surface area contributed by atoms with Gasteiger partial charge in [-0.2, -0.15) is 0 Å². The molecule has 0 aromatic heterocycles. The van der Waals surface area contributed by atoms with Crippen molar-refractivity contribution in [1.29, 1.82) is 0 Å². The summed E-state index contributed by atoms with van der Waals surface area (Å²) in [6.45, 7) is 6.66. The van der Waals surface area contributed by atoms with Crippen molar-refractivity contribution < 1.29 is 4.89 Å². The van der Waals surface area contributed by atoms with Gasteiger partial charge in [0.05, 0.1) is 0 Å². The Labute approximate surface area is 218 Å². The maximum absolute atomic E-state index is 12.7. The van der Waals surface area contributed by atoms with Gasteiger partial charge < -0.3 is 0 Å². The summed E-state index contributed by atoms with van der Waals surface area (Å²) in [5.41, 5.74) is 0. The van der Waals surface area contributed by atoms with Crippen LogP contribution in [0.25, 0.3) is 0 Å². The Kier molecular flexibility index (Phi) is 24.0. The van der Waals surface area contributed by atoms with Gasteiger partial charge in [-0.1, -0.05) is 0 Å². The Balaban J connectivity index is 5.00. The standard InChI is InChI=1S/C32H69OP/c1-5-9-13-17-21-25-29-34(33,30-26-22-18-14-10-6-2,31-27-23-19-15-11-7-3)32-28-24-20-16-12-8-4/h33H,5-32H2,1-4H3. The molecule has 0 bridgehead atoms. The average Bonchev–Trinajstić information content (AvgIpc) is 2.83. The molecular formula is C32H69OP. The summed E-state index contributed by atoms with van der Waals surface area (Å²) in [6, 6.07) is 0. The van der Waals surface area contributed by atoms with Gasteiger partial charge in [-0.05, 0) is 0 Å². The minimum atomic E-state index is -2.57. The molecule has 0 radical (unpaired) electrons. The van der Waals surface area contributed by atoms with Gasteiger partial charge in [0.2, 0.25) is 0 Å². The van der Waals surface area contributed by atoms with E-state index >= 15 is 0 Å². The van der Waals surface area contributed by atoms with E-state index in [4.69, 9.17) is 0 Å². The van der Waals surface area contributed by atoms with Crippen molar-refractivity contribution in [2.24, 2.45) is 0 Å². The van der Waals surface area contributed by atoms with E-state index in [2.05, 4.69) is 27.7 Å². The predicted molar refractivity (Wildman–Crippen MR) is 162 cm³/mol. The summed E-state index contributed by atoms with van der Waals surface area (Å²) in [6.07, 6.45) is 37.3.